The lowest BCUT2D eigenvalue weighted by molar-refractivity contribution is 0.0183. The summed E-state index contributed by atoms with van der Waals surface area (Å²) in [5.74, 6) is 0.474. The SMILES string of the molecule is CCCOC1CCCN(S(=O)(=O)N(C)CCCCl)C1. The highest BCUT2D eigenvalue weighted by atomic mass is 35.5. The Labute approximate surface area is 122 Å². The molecule has 1 fully saturated rings. The van der Waals surface area contributed by atoms with Crippen molar-refractivity contribution in [3.63, 3.8) is 0 Å². The van der Waals surface area contributed by atoms with Gasteiger partial charge in [-0.1, -0.05) is 6.92 Å². The van der Waals surface area contributed by atoms with E-state index in [1.165, 1.54) is 8.61 Å². The molecule has 1 saturated heterocycles. The Bertz CT molecular complexity index is 351. The van der Waals surface area contributed by atoms with Crippen molar-refractivity contribution in [2.45, 2.75) is 38.7 Å². The first-order chi connectivity index (χ1) is 9.02. The van der Waals surface area contributed by atoms with Crippen molar-refractivity contribution in [1.82, 2.24) is 8.61 Å². The van der Waals surface area contributed by atoms with E-state index >= 15 is 0 Å². The lowest BCUT2D eigenvalue weighted by atomic mass is 10.1. The molecule has 5 nitrogen and oxygen atoms in total. The average Bonchev–Trinajstić information content (AvgIpc) is 2.42. The zero-order valence-corrected chi connectivity index (χ0v) is 13.4. The van der Waals surface area contributed by atoms with Gasteiger partial charge in [-0.2, -0.15) is 17.0 Å². The second kappa shape index (κ2) is 8.42. The van der Waals surface area contributed by atoms with E-state index in [0.717, 1.165) is 19.3 Å². The largest absolute Gasteiger partial charge is 0.377 e. The molecule has 0 saturated carbocycles. The standard InChI is InChI=1S/C12H25ClN2O3S/c1-3-10-18-12-6-4-9-15(11-12)19(16,17)14(2)8-5-7-13/h12H,3-11H2,1-2H3. The zero-order valence-electron chi connectivity index (χ0n) is 11.8. The third-order valence-electron chi connectivity index (χ3n) is 3.23. The number of rotatable bonds is 8. The van der Waals surface area contributed by atoms with E-state index < -0.39 is 10.2 Å². The summed E-state index contributed by atoms with van der Waals surface area (Å²) in [5.41, 5.74) is 0. The van der Waals surface area contributed by atoms with Gasteiger partial charge in [-0.05, 0) is 25.7 Å². The van der Waals surface area contributed by atoms with E-state index in [4.69, 9.17) is 16.3 Å². The molecule has 1 rings (SSSR count). The quantitative estimate of drug-likeness (QED) is 0.641. The van der Waals surface area contributed by atoms with Gasteiger partial charge in [-0.3, -0.25) is 0 Å². The van der Waals surface area contributed by atoms with Gasteiger partial charge in [-0.25, -0.2) is 0 Å². The molecule has 114 valence electrons. The predicted molar refractivity (Wildman–Crippen MR) is 77.7 cm³/mol. The second-order valence-corrected chi connectivity index (χ2v) is 7.28. The molecule has 0 radical (unpaired) electrons. The molecule has 19 heavy (non-hydrogen) atoms. The molecule has 1 aliphatic rings. The Hall–Kier alpha value is 0.120. The first-order valence-corrected chi connectivity index (χ1v) is 8.84. The molecular formula is C12H25ClN2O3S. The van der Waals surface area contributed by atoms with Gasteiger partial charge in [0, 0.05) is 39.2 Å². The monoisotopic (exact) mass is 312 g/mol. The fourth-order valence-electron chi connectivity index (χ4n) is 2.13. The van der Waals surface area contributed by atoms with Crippen LogP contribution in [0.4, 0.5) is 0 Å². The van der Waals surface area contributed by atoms with Crippen LogP contribution in [0, 0.1) is 0 Å². The lowest BCUT2D eigenvalue weighted by Crippen LogP contribution is -2.48. The van der Waals surface area contributed by atoms with Crippen LogP contribution in [0.5, 0.6) is 0 Å². The highest BCUT2D eigenvalue weighted by molar-refractivity contribution is 7.86. The first-order valence-electron chi connectivity index (χ1n) is 6.91. The summed E-state index contributed by atoms with van der Waals surface area (Å²) in [6.07, 6.45) is 3.46. The molecule has 1 atom stereocenters. The molecule has 0 bridgehead atoms. The third-order valence-corrected chi connectivity index (χ3v) is 5.45. The zero-order chi connectivity index (χ0) is 14.3. The highest BCUT2D eigenvalue weighted by Gasteiger charge is 2.31. The molecule has 0 aromatic carbocycles. The van der Waals surface area contributed by atoms with Gasteiger partial charge < -0.3 is 4.74 Å². The van der Waals surface area contributed by atoms with Gasteiger partial charge in [0.1, 0.15) is 0 Å². The molecule has 0 aliphatic carbocycles. The lowest BCUT2D eigenvalue weighted by Gasteiger charge is -2.34. The Morgan fingerprint density at radius 2 is 2.21 bits per heavy atom. The van der Waals surface area contributed by atoms with E-state index in [0.29, 0.717) is 38.5 Å². The molecule has 0 amide bonds. The maximum absolute atomic E-state index is 12.4. The fraction of sp³-hybridized carbons (Fsp3) is 1.00. The first kappa shape index (κ1) is 17.2. The number of alkyl halides is 1. The Kier molecular flexibility index (Phi) is 7.61. The number of nitrogens with zero attached hydrogens (tertiary/aromatic N) is 2. The summed E-state index contributed by atoms with van der Waals surface area (Å²) in [6.45, 7) is 4.26. The summed E-state index contributed by atoms with van der Waals surface area (Å²) in [5, 5.41) is 0. The molecule has 1 unspecified atom stereocenters. The Balaban J connectivity index is 2.56. The molecule has 1 aliphatic heterocycles. The number of ether oxygens (including phenoxy) is 1. The van der Waals surface area contributed by atoms with Gasteiger partial charge >= 0.3 is 0 Å². The molecule has 0 aromatic rings. The van der Waals surface area contributed by atoms with Crippen LogP contribution in [0.15, 0.2) is 0 Å². The third kappa shape index (κ3) is 5.19. The maximum Gasteiger partial charge on any atom is 0.281 e. The summed E-state index contributed by atoms with van der Waals surface area (Å²) in [7, 11) is -1.75. The summed E-state index contributed by atoms with van der Waals surface area (Å²) < 4.78 is 33.3. The summed E-state index contributed by atoms with van der Waals surface area (Å²) in [6, 6.07) is 0. The normalized spacial score (nSPS) is 22.0. The van der Waals surface area contributed by atoms with Gasteiger partial charge in [0.2, 0.25) is 0 Å². The number of halogens is 1. The number of hydrogen-bond donors (Lipinski definition) is 0. The van der Waals surface area contributed by atoms with Crippen LogP contribution >= 0.6 is 11.6 Å². The van der Waals surface area contributed by atoms with Crippen LogP contribution in [0.3, 0.4) is 0 Å². The van der Waals surface area contributed by atoms with Crippen LogP contribution < -0.4 is 0 Å². The molecule has 0 N–H and O–H groups in total. The maximum atomic E-state index is 12.4. The van der Waals surface area contributed by atoms with Crippen molar-refractivity contribution < 1.29 is 13.2 Å². The minimum absolute atomic E-state index is 0.0323. The van der Waals surface area contributed by atoms with Crippen LogP contribution in [0.1, 0.15) is 32.6 Å². The van der Waals surface area contributed by atoms with E-state index in [1.54, 1.807) is 7.05 Å². The smallest absolute Gasteiger partial charge is 0.281 e. The molecule has 0 spiro atoms. The molecule has 0 aromatic heterocycles. The summed E-state index contributed by atoms with van der Waals surface area (Å²) in [4.78, 5) is 0. The Morgan fingerprint density at radius 3 is 2.84 bits per heavy atom. The van der Waals surface area contributed by atoms with Crippen molar-refractivity contribution in [1.29, 1.82) is 0 Å². The van der Waals surface area contributed by atoms with Crippen LogP contribution in [0.25, 0.3) is 0 Å². The number of hydrogen-bond acceptors (Lipinski definition) is 3. The van der Waals surface area contributed by atoms with E-state index in [9.17, 15) is 8.42 Å². The van der Waals surface area contributed by atoms with Gasteiger partial charge in [-0.15, -0.1) is 11.6 Å². The molecular weight excluding hydrogens is 288 g/mol. The highest BCUT2D eigenvalue weighted by Crippen LogP contribution is 2.18. The van der Waals surface area contributed by atoms with Crippen molar-refractivity contribution in [3.05, 3.63) is 0 Å². The van der Waals surface area contributed by atoms with Gasteiger partial charge in [0.05, 0.1) is 6.10 Å². The molecule has 1 heterocycles. The van der Waals surface area contributed by atoms with Crippen LogP contribution in [0.2, 0.25) is 0 Å². The predicted octanol–water partition coefficient (Wildman–Crippen LogP) is 1.68. The van der Waals surface area contributed by atoms with Crippen molar-refractivity contribution in [2.75, 3.05) is 39.2 Å². The average molecular weight is 313 g/mol. The van der Waals surface area contributed by atoms with Crippen molar-refractivity contribution in [2.24, 2.45) is 0 Å². The van der Waals surface area contributed by atoms with Crippen molar-refractivity contribution >= 4 is 21.8 Å². The van der Waals surface area contributed by atoms with Crippen LogP contribution in [-0.2, 0) is 14.9 Å². The van der Waals surface area contributed by atoms with Gasteiger partial charge in [0.15, 0.2) is 0 Å². The van der Waals surface area contributed by atoms with E-state index in [1.807, 2.05) is 0 Å². The molecule has 7 heteroatoms. The topological polar surface area (TPSA) is 49.9 Å². The second-order valence-electron chi connectivity index (χ2n) is 4.86. The fourth-order valence-corrected chi connectivity index (χ4v) is 3.72. The minimum Gasteiger partial charge on any atom is -0.377 e. The number of piperidine rings is 1. The Morgan fingerprint density at radius 1 is 1.47 bits per heavy atom. The minimum atomic E-state index is -3.36. The van der Waals surface area contributed by atoms with Gasteiger partial charge in [0.25, 0.3) is 10.2 Å². The van der Waals surface area contributed by atoms with E-state index in [2.05, 4.69) is 6.92 Å². The summed E-state index contributed by atoms with van der Waals surface area (Å²) >= 11 is 5.61. The van der Waals surface area contributed by atoms with Crippen molar-refractivity contribution in [3.8, 4) is 0 Å². The van der Waals surface area contributed by atoms with E-state index in [-0.39, 0.29) is 6.10 Å². The van der Waals surface area contributed by atoms with Crippen LogP contribution in [-0.4, -0.2) is 62.3 Å².